The van der Waals surface area contributed by atoms with E-state index < -0.39 is 0 Å². The minimum atomic E-state index is -0.386. The van der Waals surface area contributed by atoms with Gasteiger partial charge in [-0.1, -0.05) is 60.7 Å². The molecule has 4 nitrogen and oxygen atoms in total. The Morgan fingerprint density at radius 3 is 2.37 bits per heavy atom. The molecule has 1 amide bonds. The fourth-order valence-electron chi connectivity index (χ4n) is 3.85. The third kappa shape index (κ3) is 5.91. The van der Waals surface area contributed by atoms with Gasteiger partial charge < -0.3 is 14.9 Å². The van der Waals surface area contributed by atoms with Crippen LogP contribution < -0.4 is 0 Å². The molecule has 144 valence electrons. The van der Waals surface area contributed by atoms with Gasteiger partial charge in [0.25, 0.3) is 0 Å². The smallest absolute Gasteiger partial charge is 0.223 e. The van der Waals surface area contributed by atoms with Crippen LogP contribution in [0.5, 0.6) is 0 Å². The Labute approximate surface area is 162 Å². The van der Waals surface area contributed by atoms with Crippen LogP contribution in [0, 0.1) is 0 Å². The van der Waals surface area contributed by atoms with Crippen LogP contribution in [-0.2, 0) is 17.8 Å². The molecule has 2 aromatic carbocycles. The number of rotatable bonds is 6. The van der Waals surface area contributed by atoms with Crippen LogP contribution in [0.25, 0.3) is 0 Å². The lowest BCUT2D eigenvalue weighted by atomic mass is 10.0. The van der Waals surface area contributed by atoms with Crippen molar-refractivity contribution in [3.8, 4) is 0 Å². The molecule has 0 radical (unpaired) electrons. The summed E-state index contributed by atoms with van der Waals surface area (Å²) in [4.78, 5) is 17.3. The summed E-state index contributed by atoms with van der Waals surface area (Å²) in [5.41, 5.74) is 2.32. The van der Waals surface area contributed by atoms with E-state index in [4.69, 9.17) is 0 Å². The van der Waals surface area contributed by atoms with Gasteiger partial charge in [-0.2, -0.15) is 0 Å². The highest BCUT2D eigenvalue weighted by atomic mass is 16.3. The molecule has 0 unspecified atom stereocenters. The second-order valence-corrected chi connectivity index (χ2v) is 7.59. The molecule has 4 heteroatoms. The van der Waals surface area contributed by atoms with Gasteiger partial charge in [0.1, 0.15) is 0 Å². The molecule has 2 atom stereocenters. The van der Waals surface area contributed by atoms with Gasteiger partial charge in [0.15, 0.2) is 0 Å². The number of aliphatic hydroxyl groups excluding tert-OH is 1. The first-order valence-corrected chi connectivity index (χ1v) is 9.86. The Bertz CT molecular complexity index is 705. The lowest BCUT2D eigenvalue weighted by Gasteiger charge is -2.32. The minimum absolute atomic E-state index is 0.0772. The van der Waals surface area contributed by atoms with Crippen molar-refractivity contribution in [3.05, 3.63) is 71.8 Å². The summed E-state index contributed by atoms with van der Waals surface area (Å²) < 4.78 is 0. The van der Waals surface area contributed by atoms with E-state index in [1.54, 1.807) is 0 Å². The molecule has 0 bridgehead atoms. The highest BCUT2D eigenvalue weighted by Crippen LogP contribution is 2.21. The van der Waals surface area contributed by atoms with Crippen molar-refractivity contribution < 1.29 is 9.90 Å². The number of β-amino-alcohol motifs (C(OH)–C–C–N with tert-alkyl or cyclic N) is 1. The van der Waals surface area contributed by atoms with Gasteiger partial charge in [0, 0.05) is 25.6 Å². The molecule has 27 heavy (non-hydrogen) atoms. The number of amides is 1. The van der Waals surface area contributed by atoms with Crippen molar-refractivity contribution in [1.82, 2.24) is 9.80 Å². The number of aliphatic hydroxyl groups is 1. The number of likely N-dealkylation sites (N-methyl/N-ethyl adjacent to an activating group) is 1. The van der Waals surface area contributed by atoms with Crippen LogP contribution in [0.4, 0.5) is 0 Å². The summed E-state index contributed by atoms with van der Waals surface area (Å²) in [6.45, 7) is 2.18. The van der Waals surface area contributed by atoms with Gasteiger partial charge in [0.05, 0.1) is 6.10 Å². The molecule has 1 aliphatic rings. The van der Waals surface area contributed by atoms with Crippen molar-refractivity contribution in [2.45, 2.75) is 44.4 Å². The minimum Gasteiger partial charge on any atom is -0.392 e. The zero-order valence-electron chi connectivity index (χ0n) is 16.1. The van der Waals surface area contributed by atoms with E-state index in [-0.39, 0.29) is 18.1 Å². The first-order valence-electron chi connectivity index (χ1n) is 9.86. The summed E-state index contributed by atoms with van der Waals surface area (Å²) in [7, 11) is 2.03. The highest BCUT2D eigenvalue weighted by molar-refractivity contribution is 5.76. The third-order valence-electron chi connectivity index (χ3n) is 5.34. The van der Waals surface area contributed by atoms with Gasteiger partial charge in [-0.05, 0) is 44.0 Å². The summed E-state index contributed by atoms with van der Waals surface area (Å²) in [6, 6.07) is 20.4. The first kappa shape index (κ1) is 19.6. The van der Waals surface area contributed by atoms with E-state index in [1.165, 1.54) is 5.56 Å². The van der Waals surface area contributed by atoms with Crippen LogP contribution in [0.2, 0.25) is 0 Å². The zero-order chi connectivity index (χ0) is 19.1. The molecule has 3 rings (SSSR count). The van der Waals surface area contributed by atoms with Crippen molar-refractivity contribution in [2.24, 2.45) is 0 Å². The molecule has 0 spiro atoms. The first-order chi connectivity index (χ1) is 13.1. The fourth-order valence-corrected chi connectivity index (χ4v) is 3.85. The Morgan fingerprint density at radius 2 is 1.70 bits per heavy atom. The number of likely N-dealkylation sites (tertiary alicyclic amines) is 1. The molecule has 2 aromatic rings. The molecule has 0 aromatic heterocycles. The quantitative estimate of drug-likeness (QED) is 0.854. The monoisotopic (exact) mass is 366 g/mol. The van der Waals surface area contributed by atoms with Crippen LogP contribution in [0.15, 0.2) is 60.7 Å². The summed E-state index contributed by atoms with van der Waals surface area (Å²) in [6.07, 6.45) is 2.41. The summed E-state index contributed by atoms with van der Waals surface area (Å²) in [5, 5.41) is 10.4. The van der Waals surface area contributed by atoms with Crippen molar-refractivity contribution in [3.63, 3.8) is 0 Å². The molecule has 1 fully saturated rings. The van der Waals surface area contributed by atoms with Gasteiger partial charge in [-0.3, -0.25) is 4.79 Å². The van der Waals surface area contributed by atoms with Gasteiger partial charge >= 0.3 is 0 Å². The number of carbonyl (C=O) groups excluding carboxylic acids is 1. The molecular weight excluding hydrogens is 336 g/mol. The van der Waals surface area contributed by atoms with E-state index in [2.05, 4.69) is 29.2 Å². The molecule has 0 aliphatic carbocycles. The van der Waals surface area contributed by atoms with Gasteiger partial charge in [0.2, 0.25) is 5.91 Å². The third-order valence-corrected chi connectivity index (χ3v) is 5.34. The molecule has 1 heterocycles. The summed E-state index contributed by atoms with van der Waals surface area (Å²) in [5.74, 6) is 0.171. The Kier molecular flexibility index (Phi) is 7.02. The Hall–Kier alpha value is -2.17. The predicted octanol–water partition coefficient (Wildman–Crippen LogP) is 3.10. The van der Waals surface area contributed by atoms with Crippen LogP contribution in [0.1, 0.15) is 30.4 Å². The van der Waals surface area contributed by atoms with E-state index in [0.29, 0.717) is 25.9 Å². The SMILES string of the molecule is CN1CC[C@H](N(Cc2ccccc2)C(=O)CCc2ccccc2)C[C@H](O)C1. The van der Waals surface area contributed by atoms with E-state index in [0.717, 1.165) is 24.9 Å². The number of nitrogens with zero attached hydrogens (tertiary/aromatic N) is 2. The number of benzene rings is 2. The highest BCUT2D eigenvalue weighted by Gasteiger charge is 2.29. The second-order valence-electron chi connectivity index (χ2n) is 7.59. The topological polar surface area (TPSA) is 43.8 Å². The normalized spacial score (nSPS) is 20.8. The summed E-state index contributed by atoms with van der Waals surface area (Å²) >= 11 is 0. The van der Waals surface area contributed by atoms with E-state index in [9.17, 15) is 9.90 Å². The van der Waals surface area contributed by atoms with Gasteiger partial charge in [-0.15, -0.1) is 0 Å². The number of hydrogen-bond donors (Lipinski definition) is 1. The van der Waals surface area contributed by atoms with E-state index >= 15 is 0 Å². The van der Waals surface area contributed by atoms with E-state index in [1.807, 2.05) is 48.3 Å². The number of carbonyl (C=O) groups is 1. The zero-order valence-corrected chi connectivity index (χ0v) is 16.1. The standard InChI is InChI=1S/C23H30N2O2/c1-24-15-14-21(16-22(26)18-24)25(17-20-10-6-3-7-11-20)23(27)13-12-19-8-4-2-5-9-19/h2-11,21-22,26H,12-18H2,1H3/t21-,22-/m0/s1. The van der Waals surface area contributed by atoms with Crippen molar-refractivity contribution in [1.29, 1.82) is 0 Å². The maximum Gasteiger partial charge on any atom is 0.223 e. The average Bonchev–Trinajstić information content (AvgIpc) is 2.86. The fraction of sp³-hybridized carbons (Fsp3) is 0.435. The average molecular weight is 367 g/mol. The number of hydrogen-bond acceptors (Lipinski definition) is 3. The van der Waals surface area contributed by atoms with Crippen LogP contribution >= 0.6 is 0 Å². The van der Waals surface area contributed by atoms with Crippen LogP contribution in [0.3, 0.4) is 0 Å². The Balaban J connectivity index is 1.73. The number of aryl methyl sites for hydroxylation is 1. The van der Waals surface area contributed by atoms with Crippen molar-refractivity contribution in [2.75, 3.05) is 20.1 Å². The molecule has 1 aliphatic heterocycles. The maximum absolute atomic E-state index is 13.2. The maximum atomic E-state index is 13.2. The predicted molar refractivity (Wildman–Crippen MR) is 108 cm³/mol. The molecular formula is C23H30N2O2. The largest absolute Gasteiger partial charge is 0.392 e. The van der Waals surface area contributed by atoms with Gasteiger partial charge in [-0.25, -0.2) is 0 Å². The Morgan fingerprint density at radius 1 is 1.07 bits per heavy atom. The molecule has 0 saturated carbocycles. The molecule has 1 N–H and O–H groups in total. The lowest BCUT2D eigenvalue weighted by molar-refractivity contribution is -0.134. The molecule has 1 saturated heterocycles. The van der Waals surface area contributed by atoms with Crippen molar-refractivity contribution >= 4 is 5.91 Å². The lowest BCUT2D eigenvalue weighted by Crippen LogP contribution is -2.41. The van der Waals surface area contributed by atoms with Crippen LogP contribution in [-0.4, -0.2) is 53.1 Å². The second kappa shape index (κ2) is 9.67.